The van der Waals surface area contributed by atoms with E-state index < -0.39 is 17.6 Å². The van der Waals surface area contributed by atoms with E-state index in [2.05, 4.69) is 5.10 Å². The van der Waals surface area contributed by atoms with E-state index in [9.17, 15) is 13.6 Å². The lowest BCUT2D eigenvalue weighted by molar-refractivity contribution is -0.145. The predicted molar refractivity (Wildman–Crippen MR) is 72.5 cm³/mol. The molecule has 0 saturated heterocycles. The van der Waals surface area contributed by atoms with Gasteiger partial charge in [-0.25, -0.2) is 8.78 Å². The quantitative estimate of drug-likeness (QED) is 0.796. The molecule has 1 aromatic carbocycles. The van der Waals surface area contributed by atoms with Gasteiger partial charge in [-0.1, -0.05) is 12.1 Å². The average molecular weight is 294 g/mol. The number of aryl methyl sites for hydroxylation is 3. The first-order valence-electron chi connectivity index (χ1n) is 6.57. The third kappa shape index (κ3) is 3.87. The van der Waals surface area contributed by atoms with Crippen LogP contribution < -0.4 is 0 Å². The van der Waals surface area contributed by atoms with Gasteiger partial charge in [0.15, 0.2) is 11.6 Å². The number of aromatic nitrogens is 2. The van der Waals surface area contributed by atoms with Crippen LogP contribution in [0.4, 0.5) is 8.78 Å². The lowest BCUT2D eigenvalue weighted by Gasteiger charge is -2.07. The molecule has 0 spiro atoms. The van der Waals surface area contributed by atoms with Crippen LogP contribution in [0.1, 0.15) is 23.4 Å². The first-order valence-corrected chi connectivity index (χ1v) is 6.57. The summed E-state index contributed by atoms with van der Waals surface area (Å²) in [6.45, 7) is 3.88. The van der Waals surface area contributed by atoms with Crippen LogP contribution in [0.25, 0.3) is 0 Å². The first-order chi connectivity index (χ1) is 9.97. The number of hydrogen-bond donors (Lipinski definition) is 0. The summed E-state index contributed by atoms with van der Waals surface area (Å²) in [6, 6.07) is 5.68. The van der Waals surface area contributed by atoms with Crippen molar-refractivity contribution in [2.75, 3.05) is 0 Å². The highest BCUT2D eigenvalue weighted by molar-refractivity contribution is 5.69. The summed E-state index contributed by atoms with van der Waals surface area (Å²) in [5.41, 5.74) is 1.86. The number of benzene rings is 1. The Morgan fingerprint density at radius 2 is 2.10 bits per heavy atom. The molecule has 0 amide bonds. The van der Waals surface area contributed by atoms with Crippen molar-refractivity contribution >= 4 is 5.97 Å². The summed E-state index contributed by atoms with van der Waals surface area (Å²) in [5, 5.41) is 4.23. The molecule has 0 unspecified atom stereocenters. The van der Waals surface area contributed by atoms with Gasteiger partial charge in [0.25, 0.3) is 0 Å². The maximum Gasteiger partial charge on any atom is 0.308 e. The Balaban J connectivity index is 1.85. The Bertz CT molecular complexity index is 653. The molecule has 2 rings (SSSR count). The van der Waals surface area contributed by atoms with Crippen LogP contribution >= 0.6 is 0 Å². The van der Waals surface area contributed by atoms with Gasteiger partial charge in [0, 0.05) is 11.3 Å². The highest BCUT2D eigenvalue weighted by Gasteiger charge is 2.11. The van der Waals surface area contributed by atoms with Crippen molar-refractivity contribution < 1.29 is 18.3 Å². The van der Waals surface area contributed by atoms with E-state index in [4.69, 9.17) is 4.74 Å². The molecule has 4 nitrogen and oxygen atoms in total. The van der Waals surface area contributed by atoms with Crippen molar-refractivity contribution in [3.8, 4) is 0 Å². The van der Waals surface area contributed by atoms with Crippen LogP contribution in [0.3, 0.4) is 0 Å². The molecule has 0 aliphatic rings. The van der Waals surface area contributed by atoms with Gasteiger partial charge in [0.2, 0.25) is 0 Å². The number of halogens is 2. The van der Waals surface area contributed by atoms with Crippen molar-refractivity contribution in [1.82, 2.24) is 9.78 Å². The highest BCUT2D eigenvalue weighted by Crippen LogP contribution is 2.12. The maximum absolute atomic E-state index is 13.4. The molecule has 1 heterocycles. The Hall–Kier alpha value is -2.24. The van der Waals surface area contributed by atoms with Gasteiger partial charge in [0.05, 0.1) is 18.7 Å². The molecular weight excluding hydrogens is 278 g/mol. The van der Waals surface area contributed by atoms with E-state index in [0.717, 1.165) is 17.5 Å². The van der Waals surface area contributed by atoms with Crippen LogP contribution in [-0.4, -0.2) is 15.7 Å². The molecule has 112 valence electrons. The zero-order chi connectivity index (χ0) is 15.4. The Labute approximate surface area is 121 Å². The second-order valence-electron chi connectivity index (χ2n) is 4.77. The fraction of sp³-hybridized carbons (Fsp3) is 0.333. The van der Waals surface area contributed by atoms with E-state index in [1.807, 2.05) is 19.9 Å². The zero-order valence-electron chi connectivity index (χ0n) is 11.9. The van der Waals surface area contributed by atoms with Gasteiger partial charge in [-0.2, -0.15) is 5.10 Å². The van der Waals surface area contributed by atoms with Gasteiger partial charge in [0.1, 0.15) is 6.61 Å². The van der Waals surface area contributed by atoms with E-state index in [1.54, 1.807) is 4.68 Å². The minimum Gasteiger partial charge on any atom is -0.461 e. The Kier molecular flexibility index (Phi) is 4.67. The molecule has 21 heavy (non-hydrogen) atoms. The summed E-state index contributed by atoms with van der Waals surface area (Å²) in [7, 11) is 0. The van der Waals surface area contributed by atoms with E-state index in [1.165, 1.54) is 12.1 Å². The summed E-state index contributed by atoms with van der Waals surface area (Å²) < 4.78 is 33.0. The lowest BCUT2D eigenvalue weighted by atomic mass is 10.2. The number of carbonyl (C=O) groups is 1. The minimum absolute atomic E-state index is 0.0227. The molecule has 0 radical (unpaired) electrons. The minimum atomic E-state index is -0.983. The Morgan fingerprint density at radius 1 is 1.33 bits per heavy atom. The van der Waals surface area contributed by atoms with Gasteiger partial charge in [-0.05, 0) is 26.0 Å². The molecule has 1 aromatic heterocycles. The topological polar surface area (TPSA) is 44.1 Å². The van der Waals surface area contributed by atoms with E-state index in [0.29, 0.717) is 6.54 Å². The molecule has 0 bridgehead atoms. The smallest absolute Gasteiger partial charge is 0.308 e. The number of hydrogen-bond acceptors (Lipinski definition) is 3. The molecule has 2 aromatic rings. The maximum atomic E-state index is 13.4. The third-order valence-corrected chi connectivity index (χ3v) is 3.05. The molecule has 0 atom stereocenters. The van der Waals surface area contributed by atoms with Crippen LogP contribution in [-0.2, 0) is 22.7 Å². The van der Waals surface area contributed by atoms with Crippen molar-refractivity contribution in [2.45, 2.75) is 33.4 Å². The monoisotopic (exact) mass is 294 g/mol. The predicted octanol–water partition coefficient (Wildman–Crippen LogP) is 2.91. The molecule has 0 aliphatic heterocycles. The van der Waals surface area contributed by atoms with Crippen LogP contribution in [0, 0.1) is 25.5 Å². The molecular formula is C15H16F2N2O2. The second-order valence-corrected chi connectivity index (χ2v) is 4.77. The van der Waals surface area contributed by atoms with Crippen LogP contribution in [0.5, 0.6) is 0 Å². The second kappa shape index (κ2) is 6.47. The average Bonchev–Trinajstić information content (AvgIpc) is 2.76. The zero-order valence-corrected chi connectivity index (χ0v) is 11.9. The van der Waals surface area contributed by atoms with Crippen LogP contribution in [0.2, 0.25) is 0 Å². The largest absolute Gasteiger partial charge is 0.461 e. The van der Waals surface area contributed by atoms with Gasteiger partial charge >= 0.3 is 5.97 Å². The SMILES string of the molecule is Cc1cc(C)n(CCC(=O)OCc2cccc(F)c2F)n1. The van der Waals surface area contributed by atoms with Gasteiger partial charge in [-0.15, -0.1) is 0 Å². The molecule has 0 N–H and O–H groups in total. The molecule has 6 heteroatoms. The number of nitrogens with zero attached hydrogens (tertiary/aromatic N) is 2. The fourth-order valence-electron chi connectivity index (χ4n) is 1.99. The number of carbonyl (C=O) groups excluding carboxylic acids is 1. The third-order valence-electron chi connectivity index (χ3n) is 3.05. The normalized spacial score (nSPS) is 10.7. The summed E-state index contributed by atoms with van der Waals surface area (Å²) in [6.07, 6.45) is 0.124. The van der Waals surface area contributed by atoms with Crippen molar-refractivity contribution in [3.05, 3.63) is 52.9 Å². The highest BCUT2D eigenvalue weighted by atomic mass is 19.2. The first kappa shape index (κ1) is 15.2. The number of ether oxygens (including phenoxy) is 1. The molecule has 0 aliphatic carbocycles. The van der Waals surface area contributed by atoms with E-state index >= 15 is 0 Å². The van der Waals surface area contributed by atoms with E-state index in [-0.39, 0.29) is 18.6 Å². The van der Waals surface area contributed by atoms with Gasteiger partial charge in [-0.3, -0.25) is 9.48 Å². The standard InChI is InChI=1S/C15H16F2N2O2/c1-10-8-11(2)19(18-10)7-6-14(20)21-9-12-4-3-5-13(16)15(12)17/h3-5,8H,6-7,9H2,1-2H3. The summed E-state index contributed by atoms with van der Waals surface area (Å²) >= 11 is 0. The van der Waals surface area contributed by atoms with Crippen LogP contribution in [0.15, 0.2) is 24.3 Å². The Morgan fingerprint density at radius 3 is 2.76 bits per heavy atom. The fourth-order valence-corrected chi connectivity index (χ4v) is 1.99. The molecule has 0 fully saturated rings. The molecule has 0 saturated carbocycles. The number of esters is 1. The van der Waals surface area contributed by atoms with Crippen molar-refractivity contribution in [2.24, 2.45) is 0 Å². The number of rotatable bonds is 5. The lowest BCUT2D eigenvalue weighted by Crippen LogP contribution is -2.11. The summed E-state index contributed by atoms with van der Waals surface area (Å²) in [5.74, 6) is -2.42. The van der Waals surface area contributed by atoms with Crippen molar-refractivity contribution in [3.63, 3.8) is 0 Å². The van der Waals surface area contributed by atoms with Gasteiger partial charge < -0.3 is 4.74 Å². The summed E-state index contributed by atoms with van der Waals surface area (Å²) in [4.78, 5) is 11.6. The van der Waals surface area contributed by atoms with Crippen molar-refractivity contribution in [1.29, 1.82) is 0 Å².